The Hall–Kier alpha value is -4.86. The summed E-state index contributed by atoms with van der Waals surface area (Å²) in [5.74, 6) is -0.830. The Bertz CT molecular complexity index is 1520. The van der Waals surface area contributed by atoms with Gasteiger partial charge in [-0.15, -0.1) is 17.5 Å². The molecular weight excluding hydrogens is 558 g/mol. The Morgan fingerprint density at radius 1 is 1.12 bits per heavy atom. The van der Waals surface area contributed by atoms with Gasteiger partial charge in [0.1, 0.15) is 5.69 Å². The Labute approximate surface area is 239 Å². The van der Waals surface area contributed by atoms with Crippen molar-refractivity contribution in [1.29, 1.82) is 0 Å². The van der Waals surface area contributed by atoms with E-state index in [-0.39, 0.29) is 35.5 Å². The number of para-hydroxylation sites is 1. The highest BCUT2D eigenvalue weighted by Crippen LogP contribution is 2.31. The molecule has 1 saturated heterocycles. The van der Waals surface area contributed by atoms with Crippen LogP contribution in [0.2, 0.25) is 0 Å². The summed E-state index contributed by atoms with van der Waals surface area (Å²) in [7, 11) is 1.45. The smallest absolute Gasteiger partial charge is 0.343 e. The number of nitrogens with two attached hydrogens (primary N) is 1. The van der Waals surface area contributed by atoms with E-state index >= 15 is 0 Å². The highest BCUT2D eigenvalue weighted by Gasteiger charge is 2.27. The summed E-state index contributed by atoms with van der Waals surface area (Å²) in [6, 6.07) is 13.5. The van der Waals surface area contributed by atoms with E-state index in [1.165, 1.54) is 13.3 Å². The van der Waals surface area contributed by atoms with Crippen LogP contribution in [0.25, 0.3) is 5.82 Å². The van der Waals surface area contributed by atoms with E-state index in [0.717, 1.165) is 4.68 Å². The molecule has 0 atom stereocenters. The van der Waals surface area contributed by atoms with Gasteiger partial charge in [-0.25, -0.2) is 14.8 Å². The summed E-state index contributed by atoms with van der Waals surface area (Å²) in [6.45, 7) is 2.80. The lowest BCUT2D eigenvalue weighted by atomic mass is 10.2. The standard InChI is InChI=1S/C25H25N9O6.ClH/c1-37-19-9-5-8-17(21(19)39-25(36)16-6-3-2-4-7-16)14-27-29-24(35)20-18(15-33-10-12-38-13-11-33)28-32-34(20)23-22(26)30-40-31-23;/h2-9,14H,10-13,15H2,1H3,(H2,26,30)(H,29,35);1H/b27-14+;. The number of halogens is 1. The fourth-order valence-electron chi connectivity index (χ4n) is 3.95. The van der Waals surface area contributed by atoms with Crippen molar-refractivity contribution < 1.29 is 28.4 Å². The number of hydrogen-bond donors (Lipinski definition) is 2. The molecule has 2 aromatic heterocycles. The summed E-state index contributed by atoms with van der Waals surface area (Å²) in [5, 5.41) is 19.6. The molecule has 2 aromatic carbocycles. The predicted octanol–water partition coefficient (Wildman–Crippen LogP) is 1.48. The topological polar surface area (TPSA) is 185 Å². The molecule has 41 heavy (non-hydrogen) atoms. The highest BCUT2D eigenvalue weighted by molar-refractivity contribution is 5.96. The zero-order valence-electron chi connectivity index (χ0n) is 21.8. The second-order valence-corrected chi connectivity index (χ2v) is 8.49. The second kappa shape index (κ2) is 13.5. The molecule has 5 rings (SSSR count). The Morgan fingerprint density at radius 2 is 1.90 bits per heavy atom. The largest absolute Gasteiger partial charge is 0.493 e. The third-order valence-electron chi connectivity index (χ3n) is 5.93. The molecule has 16 heteroatoms. The van der Waals surface area contributed by atoms with Crippen LogP contribution in [0, 0.1) is 0 Å². The number of benzene rings is 2. The zero-order valence-corrected chi connectivity index (χ0v) is 22.6. The Kier molecular flexibility index (Phi) is 9.57. The van der Waals surface area contributed by atoms with Crippen LogP contribution in [0.15, 0.2) is 58.3 Å². The molecule has 3 heterocycles. The molecule has 1 fully saturated rings. The molecule has 1 aliphatic heterocycles. The van der Waals surface area contributed by atoms with E-state index < -0.39 is 11.9 Å². The van der Waals surface area contributed by atoms with Crippen LogP contribution in [0.5, 0.6) is 11.5 Å². The average Bonchev–Trinajstić information content (AvgIpc) is 3.60. The van der Waals surface area contributed by atoms with Crippen molar-refractivity contribution >= 4 is 36.3 Å². The van der Waals surface area contributed by atoms with Gasteiger partial charge >= 0.3 is 5.97 Å². The van der Waals surface area contributed by atoms with Gasteiger partial charge in [-0.3, -0.25) is 9.69 Å². The van der Waals surface area contributed by atoms with E-state index in [1.54, 1.807) is 48.5 Å². The summed E-state index contributed by atoms with van der Waals surface area (Å²) < 4.78 is 22.2. The molecule has 0 unspecified atom stereocenters. The number of nitrogen functional groups attached to an aromatic ring is 1. The van der Waals surface area contributed by atoms with E-state index in [1.807, 2.05) is 0 Å². The number of esters is 1. The fourth-order valence-corrected chi connectivity index (χ4v) is 3.95. The van der Waals surface area contributed by atoms with Crippen molar-refractivity contribution in [2.24, 2.45) is 5.10 Å². The van der Waals surface area contributed by atoms with Crippen LogP contribution >= 0.6 is 12.4 Å². The molecule has 1 amide bonds. The number of nitrogens with one attached hydrogen (secondary N) is 1. The number of ether oxygens (including phenoxy) is 3. The minimum Gasteiger partial charge on any atom is -0.493 e. The van der Waals surface area contributed by atoms with Gasteiger partial charge in [0.2, 0.25) is 11.6 Å². The SMILES string of the molecule is COc1cccc(/C=N/NC(=O)c2c(CN3CCOCC3)nnn2-c2nonc2N)c1OC(=O)c1ccccc1.Cl. The van der Waals surface area contributed by atoms with Crippen LogP contribution in [0.1, 0.15) is 32.1 Å². The van der Waals surface area contributed by atoms with Gasteiger partial charge in [-0.2, -0.15) is 9.78 Å². The lowest BCUT2D eigenvalue weighted by Gasteiger charge is -2.25. The number of aromatic nitrogens is 5. The monoisotopic (exact) mass is 583 g/mol. The number of morpholine rings is 1. The van der Waals surface area contributed by atoms with Crippen LogP contribution in [-0.4, -0.2) is 81.7 Å². The minimum absolute atomic E-state index is 0. The van der Waals surface area contributed by atoms with E-state index in [9.17, 15) is 9.59 Å². The number of hydrogen-bond acceptors (Lipinski definition) is 13. The van der Waals surface area contributed by atoms with Crippen LogP contribution in [0.3, 0.4) is 0 Å². The molecule has 0 aliphatic carbocycles. The van der Waals surface area contributed by atoms with Crippen molar-refractivity contribution in [2.75, 3.05) is 39.1 Å². The molecule has 0 radical (unpaired) electrons. The number of anilines is 1. The number of carbonyl (C=O) groups excluding carboxylic acids is 2. The van der Waals surface area contributed by atoms with Crippen LogP contribution in [0.4, 0.5) is 5.82 Å². The third-order valence-corrected chi connectivity index (χ3v) is 5.93. The number of rotatable bonds is 9. The number of carbonyl (C=O) groups is 2. The number of methoxy groups -OCH3 is 1. The maximum atomic E-state index is 13.4. The number of amides is 1. The molecule has 4 aromatic rings. The fraction of sp³-hybridized carbons (Fsp3) is 0.240. The van der Waals surface area contributed by atoms with Crippen molar-refractivity contribution in [3.05, 3.63) is 71.0 Å². The van der Waals surface area contributed by atoms with Crippen molar-refractivity contribution in [3.8, 4) is 17.3 Å². The quantitative estimate of drug-likeness (QED) is 0.125. The van der Waals surface area contributed by atoms with Crippen molar-refractivity contribution in [3.63, 3.8) is 0 Å². The van der Waals surface area contributed by atoms with Gasteiger partial charge in [0, 0.05) is 25.2 Å². The zero-order chi connectivity index (χ0) is 27.9. The van der Waals surface area contributed by atoms with Gasteiger partial charge in [0.25, 0.3) is 5.91 Å². The van der Waals surface area contributed by atoms with E-state index in [0.29, 0.717) is 55.4 Å². The summed E-state index contributed by atoms with van der Waals surface area (Å²) in [4.78, 5) is 28.1. The lowest BCUT2D eigenvalue weighted by molar-refractivity contribution is 0.0335. The summed E-state index contributed by atoms with van der Waals surface area (Å²) in [6.07, 6.45) is 1.33. The molecule has 1 aliphatic rings. The third kappa shape index (κ3) is 6.66. The second-order valence-electron chi connectivity index (χ2n) is 8.49. The van der Waals surface area contributed by atoms with Gasteiger partial charge in [0.05, 0.1) is 32.1 Å². The molecule has 3 N–H and O–H groups in total. The summed E-state index contributed by atoms with van der Waals surface area (Å²) in [5.41, 5.74) is 9.47. The lowest BCUT2D eigenvalue weighted by Crippen LogP contribution is -2.36. The number of hydrazone groups is 1. The van der Waals surface area contributed by atoms with Crippen molar-refractivity contribution in [2.45, 2.75) is 6.54 Å². The highest BCUT2D eigenvalue weighted by atomic mass is 35.5. The maximum Gasteiger partial charge on any atom is 0.343 e. The molecule has 214 valence electrons. The van der Waals surface area contributed by atoms with Crippen LogP contribution in [-0.2, 0) is 11.3 Å². The molecule has 0 spiro atoms. The Balaban J connectivity index is 0.00000387. The predicted molar refractivity (Wildman–Crippen MR) is 146 cm³/mol. The van der Waals surface area contributed by atoms with Crippen molar-refractivity contribution in [1.82, 2.24) is 35.6 Å². The average molecular weight is 584 g/mol. The van der Waals surface area contributed by atoms with Gasteiger partial charge < -0.3 is 19.9 Å². The van der Waals surface area contributed by atoms with Gasteiger partial charge in [-0.1, -0.05) is 29.5 Å². The molecule has 0 saturated carbocycles. The molecule has 0 bridgehead atoms. The van der Waals surface area contributed by atoms with Crippen LogP contribution < -0.4 is 20.6 Å². The van der Waals surface area contributed by atoms with Gasteiger partial charge in [-0.05, 0) is 34.6 Å². The van der Waals surface area contributed by atoms with Gasteiger partial charge in [0.15, 0.2) is 17.2 Å². The maximum absolute atomic E-state index is 13.4. The first-order chi connectivity index (χ1) is 19.5. The first-order valence-electron chi connectivity index (χ1n) is 12.2. The van der Waals surface area contributed by atoms with E-state index in [4.69, 9.17) is 19.9 Å². The first-order valence-corrected chi connectivity index (χ1v) is 12.2. The minimum atomic E-state index is -0.641. The normalized spacial score (nSPS) is 13.5. The first kappa shape index (κ1) is 29.1. The number of nitrogens with zero attached hydrogens (tertiary/aromatic N) is 7. The van der Waals surface area contributed by atoms with E-state index in [2.05, 4.69) is 40.7 Å². The summed E-state index contributed by atoms with van der Waals surface area (Å²) >= 11 is 0. The Morgan fingerprint density at radius 3 is 2.61 bits per heavy atom. The molecule has 15 nitrogen and oxygen atoms in total. The molecular formula is C25H26ClN9O6.